The molecule has 0 saturated heterocycles. The van der Waals surface area contributed by atoms with Gasteiger partial charge in [0.05, 0.1) is 4.90 Å². The third kappa shape index (κ3) is 3.21. The van der Waals surface area contributed by atoms with Crippen LogP contribution in [0, 0.1) is 6.92 Å². The van der Waals surface area contributed by atoms with Gasteiger partial charge in [-0.3, -0.25) is 0 Å². The van der Waals surface area contributed by atoms with E-state index >= 15 is 0 Å². The minimum absolute atomic E-state index is 0.304. The number of nitrogens with one attached hydrogen (secondary N) is 2. The number of aromatic nitrogens is 1. The maximum atomic E-state index is 12.2. The molecule has 0 radical (unpaired) electrons. The molecule has 0 spiro atoms. The minimum Gasteiger partial charge on any atom is -0.361 e. The molecule has 5 heteroatoms. The Morgan fingerprint density at radius 3 is 2.59 bits per heavy atom. The van der Waals surface area contributed by atoms with Crippen molar-refractivity contribution in [3.63, 3.8) is 0 Å². The van der Waals surface area contributed by atoms with Crippen molar-refractivity contribution < 1.29 is 8.42 Å². The lowest BCUT2D eigenvalue weighted by Crippen LogP contribution is -2.25. The fourth-order valence-corrected chi connectivity index (χ4v) is 3.41. The zero-order valence-corrected chi connectivity index (χ0v) is 13.2. The van der Waals surface area contributed by atoms with Crippen LogP contribution in [0.1, 0.15) is 11.1 Å². The lowest BCUT2D eigenvalue weighted by molar-refractivity contribution is 0.581. The van der Waals surface area contributed by atoms with E-state index in [1.807, 2.05) is 31.3 Å². The van der Waals surface area contributed by atoms with Crippen molar-refractivity contribution in [1.29, 1.82) is 0 Å². The van der Waals surface area contributed by atoms with Crippen molar-refractivity contribution >= 4 is 20.9 Å². The Labute approximate surface area is 130 Å². The molecular weight excluding hydrogens is 296 g/mol. The zero-order chi connectivity index (χ0) is 15.6. The third-order valence-corrected chi connectivity index (χ3v) is 5.13. The van der Waals surface area contributed by atoms with Crippen LogP contribution in [-0.4, -0.2) is 19.9 Å². The number of aryl methyl sites for hydroxylation is 1. The summed E-state index contributed by atoms with van der Waals surface area (Å²) in [4.78, 5) is 3.46. The van der Waals surface area contributed by atoms with Crippen LogP contribution in [-0.2, 0) is 16.4 Å². The summed E-state index contributed by atoms with van der Waals surface area (Å²) in [6.45, 7) is 2.31. The number of H-pyrrole nitrogens is 1. The normalized spacial score (nSPS) is 11.9. The Morgan fingerprint density at radius 1 is 1.05 bits per heavy atom. The summed E-state index contributed by atoms with van der Waals surface area (Å²) < 4.78 is 27.0. The van der Waals surface area contributed by atoms with Crippen molar-refractivity contribution in [2.24, 2.45) is 0 Å². The fourth-order valence-electron chi connectivity index (χ4n) is 2.38. The molecule has 0 atom stereocenters. The van der Waals surface area contributed by atoms with Crippen molar-refractivity contribution in [2.75, 3.05) is 6.54 Å². The van der Waals surface area contributed by atoms with Crippen molar-refractivity contribution in [2.45, 2.75) is 18.2 Å². The summed E-state index contributed by atoms with van der Waals surface area (Å²) in [5, 5.41) is 1.16. The topological polar surface area (TPSA) is 62.0 Å². The van der Waals surface area contributed by atoms with Gasteiger partial charge in [-0.1, -0.05) is 29.8 Å². The van der Waals surface area contributed by atoms with Crippen LogP contribution in [0.25, 0.3) is 10.9 Å². The van der Waals surface area contributed by atoms with Crippen LogP contribution in [0.5, 0.6) is 0 Å². The fraction of sp³-hybridized carbons (Fsp3) is 0.176. The number of hydrogen-bond donors (Lipinski definition) is 2. The lowest BCUT2D eigenvalue weighted by atomic mass is 10.1. The van der Waals surface area contributed by atoms with Crippen LogP contribution in [0.15, 0.2) is 59.6 Å². The Hall–Kier alpha value is -2.11. The van der Waals surface area contributed by atoms with E-state index < -0.39 is 10.0 Å². The number of sulfonamides is 1. The highest BCUT2D eigenvalue weighted by molar-refractivity contribution is 7.89. The quantitative estimate of drug-likeness (QED) is 0.760. The molecule has 114 valence electrons. The Balaban J connectivity index is 1.65. The van der Waals surface area contributed by atoms with E-state index in [0.717, 1.165) is 22.0 Å². The SMILES string of the molecule is Cc1ccc(S(=O)(=O)NCCc2ccc3cc[nH]c3c2)cc1. The first-order chi connectivity index (χ1) is 10.5. The van der Waals surface area contributed by atoms with Crippen LogP contribution in [0.2, 0.25) is 0 Å². The predicted molar refractivity (Wildman–Crippen MR) is 88.4 cm³/mol. The van der Waals surface area contributed by atoms with Crippen molar-refractivity contribution in [3.8, 4) is 0 Å². The summed E-state index contributed by atoms with van der Waals surface area (Å²) in [7, 11) is -3.44. The molecule has 1 heterocycles. The monoisotopic (exact) mass is 314 g/mol. The van der Waals surface area contributed by atoms with Gasteiger partial charge in [-0.05, 0) is 48.6 Å². The van der Waals surface area contributed by atoms with Gasteiger partial charge in [0.15, 0.2) is 0 Å². The number of benzene rings is 2. The zero-order valence-electron chi connectivity index (χ0n) is 12.3. The van der Waals surface area contributed by atoms with Gasteiger partial charge in [0.1, 0.15) is 0 Å². The first-order valence-electron chi connectivity index (χ1n) is 7.17. The van der Waals surface area contributed by atoms with E-state index in [-0.39, 0.29) is 0 Å². The van der Waals surface area contributed by atoms with Crippen LogP contribution in [0.3, 0.4) is 0 Å². The molecule has 0 aliphatic carbocycles. The van der Waals surface area contributed by atoms with E-state index in [1.165, 1.54) is 0 Å². The van der Waals surface area contributed by atoms with Gasteiger partial charge >= 0.3 is 0 Å². The second-order valence-electron chi connectivity index (χ2n) is 5.36. The third-order valence-electron chi connectivity index (χ3n) is 3.66. The smallest absolute Gasteiger partial charge is 0.240 e. The molecule has 2 aromatic carbocycles. The Bertz CT molecular complexity index is 880. The summed E-state index contributed by atoms with van der Waals surface area (Å²) in [6, 6.07) is 15.0. The molecule has 0 fully saturated rings. The molecule has 0 unspecified atom stereocenters. The molecule has 2 N–H and O–H groups in total. The largest absolute Gasteiger partial charge is 0.361 e. The predicted octanol–water partition coefficient (Wildman–Crippen LogP) is 3.00. The molecule has 4 nitrogen and oxygen atoms in total. The highest BCUT2D eigenvalue weighted by Gasteiger charge is 2.12. The van der Waals surface area contributed by atoms with Gasteiger partial charge in [0.25, 0.3) is 0 Å². The van der Waals surface area contributed by atoms with E-state index in [1.54, 1.807) is 24.3 Å². The number of fused-ring (bicyclic) bond motifs is 1. The van der Waals surface area contributed by atoms with Crippen molar-refractivity contribution in [1.82, 2.24) is 9.71 Å². The van der Waals surface area contributed by atoms with Crippen LogP contribution < -0.4 is 4.72 Å². The standard InChI is InChI=1S/C17H18N2O2S/c1-13-2-6-16(7-3-13)22(20,21)19-11-8-14-4-5-15-9-10-18-17(15)12-14/h2-7,9-10,12,18-19H,8,11H2,1H3. The highest BCUT2D eigenvalue weighted by Crippen LogP contribution is 2.15. The van der Waals surface area contributed by atoms with Crippen LogP contribution >= 0.6 is 0 Å². The van der Waals surface area contributed by atoms with Gasteiger partial charge in [-0.25, -0.2) is 13.1 Å². The van der Waals surface area contributed by atoms with Gasteiger partial charge in [0, 0.05) is 18.3 Å². The van der Waals surface area contributed by atoms with Gasteiger partial charge in [-0.15, -0.1) is 0 Å². The molecule has 0 aliphatic heterocycles. The van der Waals surface area contributed by atoms with E-state index in [4.69, 9.17) is 0 Å². The molecule has 3 aromatic rings. The summed E-state index contributed by atoms with van der Waals surface area (Å²) >= 11 is 0. The molecule has 0 bridgehead atoms. The highest BCUT2D eigenvalue weighted by atomic mass is 32.2. The Morgan fingerprint density at radius 2 is 1.82 bits per heavy atom. The van der Waals surface area contributed by atoms with Gasteiger partial charge in [-0.2, -0.15) is 0 Å². The lowest BCUT2D eigenvalue weighted by Gasteiger charge is -2.07. The molecule has 0 aliphatic rings. The molecule has 0 saturated carbocycles. The second-order valence-corrected chi connectivity index (χ2v) is 7.13. The summed E-state index contributed by atoms with van der Waals surface area (Å²) in [5.41, 5.74) is 3.21. The maximum Gasteiger partial charge on any atom is 0.240 e. The van der Waals surface area contributed by atoms with Crippen molar-refractivity contribution in [3.05, 3.63) is 65.9 Å². The van der Waals surface area contributed by atoms with E-state index in [0.29, 0.717) is 17.9 Å². The molecule has 22 heavy (non-hydrogen) atoms. The number of aromatic amines is 1. The van der Waals surface area contributed by atoms with E-state index in [9.17, 15) is 8.42 Å². The average molecular weight is 314 g/mol. The molecule has 3 rings (SSSR count). The van der Waals surface area contributed by atoms with Crippen LogP contribution in [0.4, 0.5) is 0 Å². The number of hydrogen-bond acceptors (Lipinski definition) is 2. The molecule has 1 aromatic heterocycles. The minimum atomic E-state index is -3.44. The summed E-state index contributed by atoms with van der Waals surface area (Å²) in [6.07, 6.45) is 2.55. The summed E-state index contributed by atoms with van der Waals surface area (Å²) in [5.74, 6) is 0. The molecular formula is C17H18N2O2S. The Kier molecular flexibility index (Phi) is 4.00. The molecule has 0 amide bonds. The van der Waals surface area contributed by atoms with Gasteiger partial charge in [0.2, 0.25) is 10.0 Å². The first kappa shape index (κ1) is 14.8. The first-order valence-corrected chi connectivity index (χ1v) is 8.65. The second kappa shape index (κ2) is 5.94. The average Bonchev–Trinajstić information content (AvgIpc) is 2.95. The van der Waals surface area contributed by atoms with Gasteiger partial charge < -0.3 is 4.98 Å². The number of rotatable bonds is 5. The maximum absolute atomic E-state index is 12.2. The van der Waals surface area contributed by atoms with E-state index in [2.05, 4.69) is 15.8 Å².